The lowest BCUT2D eigenvalue weighted by Crippen LogP contribution is -2.48. The number of rotatable bonds is 6. The zero-order valence-corrected chi connectivity index (χ0v) is 11.6. The summed E-state index contributed by atoms with van der Waals surface area (Å²) < 4.78 is 32.0. The molecule has 0 heterocycles. The predicted molar refractivity (Wildman–Crippen MR) is 69.1 cm³/mol. The van der Waals surface area contributed by atoms with E-state index in [4.69, 9.17) is 4.74 Å². The van der Waals surface area contributed by atoms with Crippen LogP contribution in [-0.2, 0) is 10.0 Å². The van der Waals surface area contributed by atoms with Crippen LogP contribution in [0.1, 0.15) is 20.3 Å². The molecule has 0 aliphatic rings. The highest BCUT2D eigenvalue weighted by Gasteiger charge is 2.30. The van der Waals surface area contributed by atoms with E-state index in [1.807, 2.05) is 0 Å². The van der Waals surface area contributed by atoms with Gasteiger partial charge < -0.3 is 9.84 Å². The van der Waals surface area contributed by atoms with Crippen LogP contribution in [0.15, 0.2) is 29.2 Å². The highest BCUT2D eigenvalue weighted by Crippen LogP contribution is 2.24. The van der Waals surface area contributed by atoms with E-state index in [2.05, 4.69) is 4.72 Å². The monoisotopic (exact) mass is 273 g/mol. The zero-order chi connectivity index (χ0) is 13.8. The van der Waals surface area contributed by atoms with E-state index >= 15 is 0 Å². The number of benzene rings is 1. The summed E-state index contributed by atoms with van der Waals surface area (Å²) >= 11 is 0. The first-order chi connectivity index (χ1) is 8.38. The molecule has 0 radical (unpaired) electrons. The van der Waals surface area contributed by atoms with Gasteiger partial charge in [-0.15, -0.1) is 0 Å². The maximum Gasteiger partial charge on any atom is 0.244 e. The Balaban J connectivity index is 3.14. The number of aliphatic hydroxyl groups excluding tert-OH is 1. The molecule has 0 bridgehead atoms. The Morgan fingerprint density at radius 3 is 2.50 bits per heavy atom. The van der Waals surface area contributed by atoms with Gasteiger partial charge in [-0.05, 0) is 25.5 Å². The van der Waals surface area contributed by atoms with Crippen molar-refractivity contribution in [2.75, 3.05) is 13.7 Å². The minimum Gasteiger partial charge on any atom is -0.495 e. The van der Waals surface area contributed by atoms with Crippen LogP contribution in [0.2, 0.25) is 0 Å². The Bertz CT molecular complexity index is 495. The van der Waals surface area contributed by atoms with Crippen molar-refractivity contribution in [2.24, 2.45) is 0 Å². The molecule has 2 N–H and O–H groups in total. The number of sulfonamides is 1. The standard InChI is InChI=1S/C12H19NO4S/c1-4-12(2,9-14)13-18(15,16)11-8-6-5-7-10(11)17-3/h5-8,13-14H,4,9H2,1-3H3. The fraction of sp³-hybridized carbons (Fsp3) is 0.500. The van der Waals surface area contributed by atoms with Crippen molar-refractivity contribution in [2.45, 2.75) is 30.7 Å². The zero-order valence-electron chi connectivity index (χ0n) is 10.8. The van der Waals surface area contributed by atoms with Crippen LogP contribution in [-0.4, -0.2) is 32.8 Å². The molecule has 0 spiro atoms. The average Bonchev–Trinajstić information content (AvgIpc) is 2.38. The van der Waals surface area contributed by atoms with Crippen molar-refractivity contribution >= 4 is 10.0 Å². The summed E-state index contributed by atoms with van der Waals surface area (Å²) in [6.07, 6.45) is 0.484. The molecule has 18 heavy (non-hydrogen) atoms. The fourth-order valence-electron chi connectivity index (χ4n) is 1.44. The summed E-state index contributed by atoms with van der Waals surface area (Å²) in [7, 11) is -2.30. The second-order valence-electron chi connectivity index (χ2n) is 4.33. The second kappa shape index (κ2) is 5.69. The molecular formula is C12H19NO4S. The van der Waals surface area contributed by atoms with Gasteiger partial charge in [0.05, 0.1) is 19.3 Å². The van der Waals surface area contributed by atoms with Crippen LogP contribution in [0.25, 0.3) is 0 Å². The smallest absolute Gasteiger partial charge is 0.244 e. The molecule has 0 aromatic heterocycles. The fourth-order valence-corrected chi connectivity index (χ4v) is 3.08. The van der Waals surface area contributed by atoms with Gasteiger partial charge in [-0.3, -0.25) is 0 Å². The quantitative estimate of drug-likeness (QED) is 0.815. The molecule has 0 saturated heterocycles. The van der Waals surface area contributed by atoms with Gasteiger partial charge in [0, 0.05) is 0 Å². The molecule has 5 nitrogen and oxygen atoms in total. The van der Waals surface area contributed by atoms with Gasteiger partial charge in [-0.2, -0.15) is 0 Å². The molecule has 0 amide bonds. The molecule has 1 unspecified atom stereocenters. The molecule has 0 aliphatic heterocycles. The van der Waals surface area contributed by atoms with Gasteiger partial charge in [-0.1, -0.05) is 19.1 Å². The van der Waals surface area contributed by atoms with Crippen LogP contribution in [0.4, 0.5) is 0 Å². The van der Waals surface area contributed by atoms with Crippen LogP contribution >= 0.6 is 0 Å². The Hall–Kier alpha value is -1.11. The average molecular weight is 273 g/mol. The van der Waals surface area contributed by atoms with Gasteiger partial charge in [0.1, 0.15) is 10.6 Å². The third-order valence-corrected chi connectivity index (χ3v) is 4.55. The van der Waals surface area contributed by atoms with Gasteiger partial charge >= 0.3 is 0 Å². The molecule has 1 aromatic rings. The molecule has 1 atom stereocenters. The Morgan fingerprint density at radius 2 is 2.00 bits per heavy atom. The Labute approximate surface area is 108 Å². The summed E-state index contributed by atoms with van der Waals surface area (Å²) in [5, 5.41) is 9.26. The summed E-state index contributed by atoms with van der Waals surface area (Å²) in [4.78, 5) is 0.0700. The highest BCUT2D eigenvalue weighted by atomic mass is 32.2. The molecule has 6 heteroatoms. The summed E-state index contributed by atoms with van der Waals surface area (Å²) in [5.74, 6) is 0.279. The number of hydrogen-bond donors (Lipinski definition) is 2. The number of ether oxygens (including phenoxy) is 1. The molecule has 1 aromatic carbocycles. The first-order valence-electron chi connectivity index (χ1n) is 5.66. The van der Waals surface area contributed by atoms with E-state index in [-0.39, 0.29) is 17.3 Å². The first kappa shape index (κ1) is 14.9. The largest absolute Gasteiger partial charge is 0.495 e. The SMILES string of the molecule is CCC(C)(CO)NS(=O)(=O)c1ccccc1OC. The third kappa shape index (κ3) is 3.22. The maximum atomic E-state index is 12.2. The summed E-state index contributed by atoms with van der Waals surface area (Å²) in [6.45, 7) is 3.19. The van der Waals surface area contributed by atoms with Gasteiger partial charge in [-0.25, -0.2) is 13.1 Å². The molecule has 1 rings (SSSR count). The van der Waals surface area contributed by atoms with Crippen LogP contribution < -0.4 is 9.46 Å². The predicted octanol–water partition coefficient (Wildman–Crippen LogP) is 1.13. The van der Waals surface area contributed by atoms with E-state index in [1.165, 1.54) is 13.2 Å². The highest BCUT2D eigenvalue weighted by molar-refractivity contribution is 7.89. The number of nitrogens with one attached hydrogen (secondary N) is 1. The number of hydrogen-bond acceptors (Lipinski definition) is 4. The van der Waals surface area contributed by atoms with Gasteiger partial charge in [0.25, 0.3) is 0 Å². The van der Waals surface area contributed by atoms with Crippen molar-refractivity contribution in [1.82, 2.24) is 4.72 Å². The molecule has 102 valence electrons. The van der Waals surface area contributed by atoms with Crippen molar-refractivity contribution in [1.29, 1.82) is 0 Å². The lowest BCUT2D eigenvalue weighted by atomic mass is 10.0. The number of aliphatic hydroxyl groups is 1. The number of para-hydroxylation sites is 1. The van der Waals surface area contributed by atoms with Crippen LogP contribution in [0, 0.1) is 0 Å². The van der Waals surface area contributed by atoms with Crippen molar-refractivity contribution in [3.8, 4) is 5.75 Å². The van der Waals surface area contributed by atoms with Crippen molar-refractivity contribution < 1.29 is 18.3 Å². The van der Waals surface area contributed by atoms with E-state index in [0.29, 0.717) is 6.42 Å². The van der Waals surface area contributed by atoms with E-state index < -0.39 is 15.6 Å². The Morgan fingerprint density at radius 1 is 1.39 bits per heavy atom. The van der Waals surface area contributed by atoms with E-state index in [9.17, 15) is 13.5 Å². The first-order valence-corrected chi connectivity index (χ1v) is 7.14. The van der Waals surface area contributed by atoms with Gasteiger partial charge in [0.15, 0.2) is 0 Å². The van der Waals surface area contributed by atoms with Crippen molar-refractivity contribution in [3.63, 3.8) is 0 Å². The van der Waals surface area contributed by atoms with E-state index in [1.54, 1.807) is 32.0 Å². The molecule has 0 saturated carbocycles. The van der Waals surface area contributed by atoms with Crippen LogP contribution in [0.3, 0.4) is 0 Å². The number of methoxy groups -OCH3 is 1. The molecule has 0 fully saturated rings. The Kier molecular flexibility index (Phi) is 4.72. The maximum absolute atomic E-state index is 12.2. The third-order valence-electron chi connectivity index (χ3n) is 2.87. The van der Waals surface area contributed by atoms with E-state index in [0.717, 1.165) is 0 Å². The molecule has 0 aliphatic carbocycles. The summed E-state index contributed by atoms with van der Waals surface area (Å²) in [6, 6.07) is 6.37. The van der Waals surface area contributed by atoms with Gasteiger partial charge in [0.2, 0.25) is 10.0 Å². The second-order valence-corrected chi connectivity index (χ2v) is 5.98. The lowest BCUT2D eigenvalue weighted by molar-refractivity contribution is 0.191. The topological polar surface area (TPSA) is 75.6 Å². The van der Waals surface area contributed by atoms with Crippen molar-refractivity contribution in [3.05, 3.63) is 24.3 Å². The minimum atomic E-state index is -3.72. The molecular weight excluding hydrogens is 254 g/mol. The minimum absolute atomic E-state index is 0.0700. The van der Waals surface area contributed by atoms with Crippen LogP contribution in [0.5, 0.6) is 5.75 Å². The lowest BCUT2D eigenvalue weighted by Gasteiger charge is -2.27. The summed E-state index contributed by atoms with van der Waals surface area (Å²) in [5.41, 5.74) is -0.875. The normalized spacial score (nSPS) is 15.1.